The van der Waals surface area contributed by atoms with Gasteiger partial charge in [-0.1, -0.05) is 115 Å². The van der Waals surface area contributed by atoms with Crippen molar-refractivity contribution in [2.24, 2.45) is 0 Å². The van der Waals surface area contributed by atoms with E-state index in [9.17, 15) is 23.7 Å². The second kappa shape index (κ2) is 20.6. The molecule has 3 heterocycles. The number of benzene rings is 2. The molecule has 0 aliphatic carbocycles. The summed E-state index contributed by atoms with van der Waals surface area (Å²) in [5.74, 6) is 2.67. The number of rotatable bonds is 16. The minimum Gasteiger partial charge on any atom is -0.616 e. The number of carbonyl (C=O) groups excluding carboxylic acids is 4. The van der Waals surface area contributed by atoms with Gasteiger partial charge < -0.3 is 28.8 Å². The van der Waals surface area contributed by atoms with Gasteiger partial charge in [-0.25, -0.2) is 9.59 Å². The molecule has 5 rings (SSSR count). The molecule has 2 aromatic rings. The Kier molecular flexibility index (Phi) is 16.6. The van der Waals surface area contributed by atoms with Crippen molar-refractivity contribution in [2.45, 2.75) is 86.2 Å². The van der Waals surface area contributed by atoms with Crippen molar-refractivity contribution in [2.75, 3.05) is 25.8 Å². The number of hydrogen-bond donors (Lipinski definition) is 1. The fourth-order valence-electron chi connectivity index (χ4n) is 5.62. The summed E-state index contributed by atoms with van der Waals surface area (Å²) in [6.07, 6.45) is 8.32. The van der Waals surface area contributed by atoms with E-state index in [0.29, 0.717) is 12.5 Å². The number of unbranched alkanes of at least 4 members (excludes halogenated alkanes) is 5. The average Bonchev–Trinajstić information content (AvgIpc) is 3.61. The summed E-state index contributed by atoms with van der Waals surface area (Å²) in [6.45, 7) is 5.23. The van der Waals surface area contributed by atoms with E-state index in [4.69, 9.17) is 53.8 Å². The van der Waals surface area contributed by atoms with Crippen molar-refractivity contribution < 1.29 is 42.7 Å². The second-order valence-electron chi connectivity index (χ2n) is 12.5. The first-order chi connectivity index (χ1) is 25.3. The zero-order valence-electron chi connectivity index (χ0n) is 29.7. The number of allylic oxidation sites excluding steroid dienone is 1. The van der Waals surface area contributed by atoms with Gasteiger partial charge in [0.2, 0.25) is 10.6 Å². The molecule has 1 fully saturated rings. The standard InChI is InChI=1S/C19H15Cl3N2O6S.C18H28O3S/c1-10-12(7-25)31-17-14(23-13(26)8-29-11-5-3-2-4-6-11)16(27)24(17)15(10)18(28)30-9-19(20,21)22;1-3-4-5-6-7-8-11-22(19)15(2)12-16-9-10-17-18(13-16)21-14-20-17/h2-6,14,17H,8-9H2,1H3,(H,23,26);9-10,13,15H,3-8,11-12,14H2,1-2H3/t14?,17-;/m1./s1. The molecule has 1 N–H and O–H groups in total. The summed E-state index contributed by atoms with van der Waals surface area (Å²) in [6, 6.07) is 13.7. The van der Waals surface area contributed by atoms with Crippen molar-refractivity contribution in [3.8, 4) is 17.2 Å². The predicted molar refractivity (Wildman–Crippen MR) is 207 cm³/mol. The maximum Gasteiger partial charge on any atom is 0.355 e. The summed E-state index contributed by atoms with van der Waals surface area (Å²) in [5.41, 5.74) is 1.22. The monoisotopic (exact) mass is 828 g/mol. The summed E-state index contributed by atoms with van der Waals surface area (Å²) in [4.78, 5) is 50.1. The molecule has 53 heavy (non-hydrogen) atoms. The van der Waals surface area contributed by atoms with Crippen LogP contribution in [0.25, 0.3) is 0 Å². The molecular formula is C37H43Cl3N2O9S2. The highest BCUT2D eigenvalue weighted by molar-refractivity contribution is 8.04. The summed E-state index contributed by atoms with van der Waals surface area (Å²) in [5, 5.41) is 2.01. The van der Waals surface area contributed by atoms with Gasteiger partial charge in [0.05, 0.1) is 4.91 Å². The highest BCUT2D eigenvalue weighted by Gasteiger charge is 2.55. The predicted octanol–water partition coefficient (Wildman–Crippen LogP) is 6.82. The molecule has 1 saturated heterocycles. The number of alkyl halides is 3. The topological polar surface area (TPSA) is 144 Å². The molecule has 4 atom stereocenters. The lowest BCUT2D eigenvalue weighted by Gasteiger charge is -2.49. The van der Waals surface area contributed by atoms with Crippen LogP contribution in [0.5, 0.6) is 17.2 Å². The van der Waals surface area contributed by atoms with Crippen molar-refractivity contribution in [3.05, 3.63) is 70.3 Å². The molecule has 2 amide bonds. The van der Waals surface area contributed by atoms with E-state index < -0.39 is 50.8 Å². The molecule has 16 heteroatoms. The zero-order valence-corrected chi connectivity index (χ0v) is 33.6. The van der Waals surface area contributed by atoms with Crippen molar-refractivity contribution in [1.29, 1.82) is 0 Å². The highest BCUT2D eigenvalue weighted by atomic mass is 35.6. The van der Waals surface area contributed by atoms with E-state index in [0.717, 1.165) is 46.8 Å². The number of halogens is 3. The van der Waals surface area contributed by atoms with Gasteiger partial charge in [0.25, 0.3) is 11.8 Å². The SMILES string of the molecule is CC1=C(C(=O)OCC(Cl)(Cl)Cl)N2C(=O)C(NC(=O)COc3ccccc3)[C@H]2SC1=C=O.CCCCCCCC[S+]([O-])C(C)Cc1ccc2c(c1)OCO2. The van der Waals surface area contributed by atoms with Crippen LogP contribution >= 0.6 is 46.6 Å². The Morgan fingerprint density at radius 1 is 1.09 bits per heavy atom. The number of hydrogen-bond acceptors (Lipinski definition) is 10. The molecule has 0 aromatic heterocycles. The number of thioether (sulfide) groups is 1. The fourth-order valence-corrected chi connectivity index (χ4v) is 8.25. The Morgan fingerprint density at radius 3 is 2.49 bits per heavy atom. The van der Waals surface area contributed by atoms with Gasteiger partial charge in [-0.05, 0) is 56.5 Å². The molecule has 0 bridgehead atoms. The number of amides is 2. The Bertz CT molecular complexity index is 1670. The highest BCUT2D eigenvalue weighted by Crippen LogP contribution is 2.45. The lowest BCUT2D eigenvalue weighted by Crippen LogP contribution is -2.70. The molecule has 3 aliphatic rings. The number of para-hydroxylation sites is 1. The van der Waals surface area contributed by atoms with Crippen LogP contribution in [0, 0.1) is 0 Å². The van der Waals surface area contributed by atoms with E-state index in [2.05, 4.69) is 19.2 Å². The fraction of sp³-hybridized carbons (Fsp3) is 0.486. The van der Waals surface area contributed by atoms with Crippen LogP contribution in [0.3, 0.4) is 0 Å². The van der Waals surface area contributed by atoms with Crippen molar-refractivity contribution in [1.82, 2.24) is 10.2 Å². The van der Waals surface area contributed by atoms with Gasteiger partial charge in [0.1, 0.15) is 46.4 Å². The minimum atomic E-state index is -1.84. The summed E-state index contributed by atoms with van der Waals surface area (Å²) >= 11 is 17.0. The molecule has 3 aliphatic heterocycles. The third-order valence-electron chi connectivity index (χ3n) is 8.41. The first-order valence-electron chi connectivity index (χ1n) is 17.3. The van der Waals surface area contributed by atoms with E-state index in [1.54, 1.807) is 36.3 Å². The van der Waals surface area contributed by atoms with Gasteiger partial charge in [-0.3, -0.25) is 14.5 Å². The molecule has 11 nitrogen and oxygen atoms in total. The lowest BCUT2D eigenvalue weighted by atomic mass is 10.0. The summed E-state index contributed by atoms with van der Waals surface area (Å²) < 4.78 is 31.5. The van der Waals surface area contributed by atoms with Gasteiger partial charge in [0, 0.05) is 12.0 Å². The lowest BCUT2D eigenvalue weighted by molar-refractivity contribution is -0.153. The number of β-lactam (4-membered cyclic amide) rings is 1. The van der Waals surface area contributed by atoms with Gasteiger partial charge in [-0.15, -0.1) is 0 Å². The van der Waals surface area contributed by atoms with Crippen LogP contribution in [-0.4, -0.2) is 79.4 Å². The second-order valence-corrected chi connectivity index (χ2v) is 18.1. The number of nitrogens with one attached hydrogen (secondary N) is 1. The van der Waals surface area contributed by atoms with E-state index >= 15 is 0 Å². The van der Waals surface area contributed by atoms with Gasteiger partial charge in [0.15, 0.2) is 18.1 Å². The average molecular weight is 830 g/mol. The number of esters is 1. The third kappa shape index (κ3) is 12.5. The molecule has 0 radical (unpaired) electrons. The Hall–Kier alpha value is -3.03. The first-order valence-corrected chi connectivity index (χ1v) is 20.6. The maximum absolute atomic E-state index is 12.7. The number of ether oxygens (including phenoxy) is 4. The summed E-state index contributed by atoms with van der Waals surface area (Å²) in [7, 11) is 0. The largest absolute Gasteiger partial charge is 0.616 e. The Balaban J connectivity index is 0.000000251. The van der Waals surface area contributed by atoms with Crippen molar-refractivity contribution in [3.63, 3.8) is 0 Å². The molecule has 3 unspecified atom stereocenters. The zero-order chi connectivity index (χ0) is 38.5. The molecule has 288 valence electrons. The smallest absolute Gasteiger partial charge is 0.355 e. The van der Waals surface area contributed by atoms with Crippen LogP contribution in [-0.2, 0) is 41.5 Å². The van der Waals surface area contributed by atoms with Crippen LogP contribution in [0.1, 0.15) is 64.9 Å². The number of fused-ring (bicyclic) bond motifs is 2. The molecular weight excluding hydrogens is 787 g/mol. The molecule has 0 saturated carbocycles. The first kappa shape index (κ1) is 42.7. The van der Waals surface area contributed by atoms with E-state index in [1.807, 2.05) is 18.2 Å². The number of carbonyl (C=O) groups is 3. The number of nitrogens with zero attached hydrogens (tertiary/aromatic N) is 1. The van der Waals surface area contributed by atoms with Crippen LogP contribution in [0.15, 0.2) is 64.7 Å². The maximum atomic E-state index is 12.7. The van der Waals surface area contributed by atoms with E-state index in [-0.39, 0.29) is 28.0 Å². The van der Waals surface area contributed by atoms with Gasteiger partial charge in [-0.2, -0.15) is 0 Å². The Morgan fingerprint density at radius 2 is 1.79 bits per heavy atom. The molecule has 2 aromatic carbocycles. The van der Waals surface area contributed by atoms with E-state index in [1.165, 1.54) is 44.6 Å². The van der Waals surface area contributed by atoms with Gasteiger partial charge >= 0.3 is 5.97 Å². The van der Waals surface area contributed by atoms with Crippen LogP contribution in [0.2, 0.25) is 0 Å². The van der Waals surface area contributed by atoms with Crippen LogP contribution < -0.4 is 19.5 Å². The Labute approximate surface area is 332 Å². The normalized spacial score (nSPS) is 18.5. The van der Waals surface area contributed by atoms with Crippen molar-refractivity contribution >= 4 is 81.5 Å². The molecule has 0 spiro atoms. The van der Waals surface area contributed by atoms with Crippen LogP contribution in [0.4, 0.5) is 0 Å². The third-order valence-corrected chi connectivity index (χ3v) is 11.8. The quantitative estimate of drug-likeness (QED) is 0.0478. The minimum absolute atomic E-state index is 0.106.